The fraction of sp³-hybridized carbons (Fsp3) is 0.938. The quantitative estimate of drug-likeness (QED) is 0.662. The monoisotopic (exact) mass is 346 g/mol. The molecule has 1 saturated heterocycles. The van der Waals surface area contributed by atoms with E-state index in [-0.39, 0.29) is 29.9 Å². The summed E-state index contributed by atoms with van der Waals surface area (Å²) < 4.78 is 34.4. The van der Waals surface area contributed by atoms with E-state index >= 15 is 0 Å². The average Bonchev–Trinajstić information content (AvgIpc) is 3.32. The first kappa shape index (κ1) is 18.7. The maximum Gasteiger partial charge on any atom is 0.309 e. The Hall–Kier alpha value is -0.660. The molecule has 2 rings (SSSR count). The van der Waals surface area contributed by atoms with E-state index in [9.17, 15) is 13.2 Å². The van der Waals surface area contributed by atoms with Gasteiger partial charge in [-0.05, 0) is 45.4 Å². The highest BCUT2D eigenvalue weighted by Crippen LogP contribution is 2.35. The summed E-state index contributed by atoms with van der Waals surface area (Å²) in [6.45, 7) is 9.08. The number of rotatable bonds is 7. The molecule has 1 heterocycles. The number of ether oxygens (including phenoxy) is 1. The van der Waals surface area contributed by atoms with Crippen LogP contribution in [0.5, 0.6) is 0 Å². The molecule has 0 radical (unpaired) electrons. The fourth-order valence-electron chi connectivity index (χ4n) is 3.07. The molecule has 7 heteroatoms. The summed E-state index contributed by atoms with van der Waals surface area (Å²) in [6.07, 6.45) is 3.00. The molecular weight excluding hydrogens is 316 g/mol. The zero-order chi connectivity index (χ0) is 17.2. The first-order chi connectivity index (χ1) is 10.8. The molecule has 1 unspecified atom stereocenters. The van der Waals surface area contributed by atoms with Crippen LogP contribution in [0.2, 0.25) is 0 Å². The van der Waals surface area contributed by atoms with Gasteiger partial charge in [0.15, 0.2) is 0 Å². The van der Waals surface area contributed by atoms with Gasteiger partial charge in [-0.15, -0.1) is 0 Å². The van der Waals surface area contributed by atoms with Gasteiger partial charge < -0.3 is 4.74 Å². The van der Waals surface area contributed by atoms with E-state index < -0.39 is 10.2 Å². The molecule has 0 bridgehead atoms. The number of hydrogen-bond acceptors (Lipinski definition) is 4. The Morgan fingerprint density at radius 3 is 2.17 bits per heavy atom. The molecule has 1 saturated carbocycles. The number of hydrogen-bond donors (Lipinski definition) is 0. The topological polar surface area (TPSA) is 66.9 Å². The van der Waals surface area contributed by atoms with Crippen LogP contribution in [0.15, 0.2) is 0 Å². The lowest BCUT2D eigenvalue weighted by Crippen LogP contribution is -2.52. The second-order valence-corrected chi connectivity index (χ2v) is 8.81. The van der Waals surface area contributed by atoms with Crippen LogP contribution in [0.25, 0.3) is 0 Å². The van der Waals surface area contributed by atoms with Crippen LogP contribution < -0.4 is 0 Å². The molecule has 1 aliphatic carbocycles. The smallest absolute Gasteiger partial charge is 0.309 e. The van der Waals surface area contributed by atoms with Gasteiger partial charge in [-0.2, -0.15) is 17.0 Å². The van der Waals surface area contributed by atoms with Gasteiger partial charge in [0.1, 0.15) is 0 Å². The lowest BCUT2D eigenvalue weighted by molar-refractivity contribution is -0.149. The van der Waals surface area contributed by atoms with Crippen LogP contribution in [0.4, 0.5) is 0 Å². The van der Waals surface area contributed by atoms with Crippen molar-refractivity contribution < 1.29 is 17.9 Å². The van der Waals surface area contributed by atoms with Crippen molar-refractivity contribution in [2.45, 2.75) is 65.5 Å². The zero-order valence-electron chi connectivity index (χ0n) is 14.7. The minimum atomic E-state index is -3.45. The molecule has 0 aromatic rings. The van der Waals surface area contributed by atoms with E-state index in [4.69, 9.17) is 4.74 Å². The Balaban J connectivity index is 2.04. The summed E-state index contributed by atoms with van der Waals surface area (Å²) >= 11 is 0. The van der Waals surface area contributed by atoms with E-state index in [1.165, 1.54) is 0 Å². The van der Waals surface area contributed by atoms with Crippen molar-refractivity contribution in [3.05, 3.63) is 0 Å². The second kappa shape index (κ2) is 7.49. The lowest BCUT2D eigenvalue weighted by Gasteiger charge is -2.38. The van der Waals surface area contributed by atoms with Crippen molar-refractivity contribution in [1.29, 1.82) is 0 Å². The largest absolute Gasteiger partial charge is 0.466 e. The van der Waals surface area contributed by atoms with Gasteiger partial charge in [-0.3, -0.25) is 4.79 Å². The summed E-state index contributed by atoms with van der Waals surface area (Å²) in [5, 5.41) is 0. The van der Waals surface area contributed by atoms with Crippen molar-refractivity contribution in [2.75, 3.05) is 19.7 Å². The van der Waals surface area contributed by atoms with E-state index in [0.29, 0.717) is 32.5 Å². The van der Waals surface area contributed by atoms with E-state index in [2.05, 4.69) is 13.8 Å². The molecule has 2 fully saturated rings. The second-order valence-electron chi connectivity index (χ2n) is 6.98. The molecule has 1 aliphatic heterocycles. The Labute approximate surface area is 140 Å². The third-order valence-electron chi connectivity index (χ3n) is 4.94. The van der Waals surface area contributed by atoms with Gasteiger partial charge in [0.05, 0.1) is 12.5 Å². The first-order valence-electron chi connectivity index (χ1n) is 8.74. The minimum Gasteiger partial charge on any atom is -0.466 e. The maximum absolute atomic E-state index is 13.1. The van der Waals surface area contributed by atoms with Crippen molar-refractivity contribution in [3.8, 4) is 0 Å². The van der Waals surface area contributed by atoms with Gasteiger partial charge in [-0.25, -0.2) is 0 Å². The normalized spacial score (nSPS) is 22.5. The van der Waals surface area contributed by atoms with Gasteiger partial charge >= 0.3 is 5.97 Å². The van der Waals surface area contributed by atoms with Gasteiger partial charge in [0.25, 0.3) is 10.2 Å². The number of piperidine rings is 1. The van der Waals surface area contributed by atoms with E-state index in [1.807, 2.05) is 6.92 Å². The summed E-state index contributed by atoms with van der Waals surface area (Å²) in [5.74, 6) is -0.0834. The van der Waals surface area contributed by atoms with Crippen molar-refractivity contribution in [3.63, 3.8) is 0 Å². The minimum absolute atomic E-state index is 0.00437. The summed E-state index contributed by atoms with van der Waals surface area (Å²) in [7, 11) is -3.45. The van der Waals surface area contributed by atoms with E-state index in [1.54, 1.807) is 15.5 Å². The zero-order valence-corrected chi connectivity index (χ0v) is 15.5. The highest BCUT2D eigenvalue weighted by Gasteiger charge is 2.45. The van der Waals surface area contributed by atoms with E-state index in [0.717, 1.165) is 12.8 Å². The fourth-order valence-corrected chi connectivity index (χ4v) is 5.26. The molecule has 0 spiro atoms. The number of esters is 1. The van der Waals surface area contributed by atoms with Crippen LogP contribution in [0.1, 0.15) is 53.4 Å². The highest BCUT2D eigenvalue weighted by molar-refractivity contribution is 7.86. The van der Waals surface area contributed by atoms with Crippen molar-refractivity contribution >= 4 is 16.2 Å². The summed E-state index contributed by atoms with van der Waals surface area (Å²) in [6, 6.07) is 0.149. The van der Waals surface area contributed by atoms with Gasteiger partial charge in [-0.1, -0.05) is 13.8 Å². The molecule has 0 N–H and O–H groups in total. The highest BCUT2D eigenvalue weighted by atomic mass is 32.2. The molecule has 6 nitrogen and oxygen atoms in total. The third kappa shape index (κ3) is 4.25. The molecular formula is C16H30N2O4S. The van der Waals surface area contributed by atoms with Crippen molar-refractivity contribution in [2.24, 2.45) is 11.8 Å². The molecule has 2 aliphatic rings. The van der Waals surface area contributed by atoms with Crippen LogP contribution in [0, 0.1) is 11.8 Å². The van der Waals surface area contributed by atoms with Crippen LogP contribution in [0.3, 0.4) is 0 Å². The van der Waals surface area contributed by atoms with Crippen LogP contribution in [-0.2, 0) is 19.7 Å². The van der Waals surface area contributed by atoms with Crippen LogP contribution in [-0.4, -0.2) is 54.8 Å². The Morgan fingerprint density at radius 1 is 1.17 bits per heavy atom. The Kier molecular flexibility index (Phi) is 6.08. The predicted octanol–water partition coefficient (Wildman–Crippen LogP) is 2.02. The van der Waals surface area contributed by atoms with Gasteiger partial charge in [0, 0.05) is 25.2 Å². The van der Waals surface area contributed by atoms with Gasteiger partial charge in [0.2, 0.25) is 0 Å². The average molecular weight is 346 g/mol. The molecule has 0 amide bonds. The SMILES string of the molecule is CCOC(=O)C1CCN(S(=O)(=O)N(C2CC2)C(C)C(C)C)CC1. The molecule has 134 valence electrons. The van der Waals surface area contributed by atoms with Crippen molar-refractivity contribution in [1.82, 2.24) is 8.61 Å². The molecule has 0 aromatic heterocycles. The Bertz CT molecular complexity index is 508. The molecule has 0 aromatic carbocycles. The predicted molar refractivity (Wildman–Crippen MR) is 89.0 cm³/mol. The summed E-state index contributed by atoms with van der Waals surface area (Å²) in [5.41, 5.74) is 0. The number of carbonyl (C=O) groups excluding carboxylic acids is 1. The molecule has 23 heavy (non-hydrogen) atoms. The maximum atomic E-state index is 13.1. The van der Waals surface area contributed by atoms with Crippen LogP contribution >= 0.6 is 0 Å². The standard InChI is InChI=1S/C16H30N2O4S/c1-5-22-16(19)14-8-10-17(11-9-14)23(20,21)18(15-6-7-15)13(4)12(2)3/h12-15H,5-11H2,1-4H3. The number of carbonyl (C=O) groups is 1. The first-order valence-corrected chi connectivity index (χ1v) is 10.1. The molecule has 1 atom stereocenters. The Morgan fingerprint density at radius 2 is 1.74 bits per heavy atom. The third-order valence-corrected chi connectivity index (χ3v) is 7.12. The lowest BCUT2D eigenvalue weighted by atomic mass is 9.98. The summed E-state index contributed by atoms with van der Waals surface area (Å²) in [4.78, 5) is 11.8. The number of nitrogens with zero attached hydrogens (tertiary/aromatic N) is 2.